The van der Waals surface area contributed by atoms with Crippen molar-refractivity contribution in [3.63, 3.8) is 0 Å². The van der Waals surface area contributed by atoms with E-state index in [-0.39, 0.29) is 5.41 Å². The molecule has 0 aromatic carbocycles. The zero-order valence-corrected chi connectivity index (χ0v) is 15.7. The molecule has 3 heterocycles. The molecule has 1 N–H and O–H groups in total. The van der Waals surface area contributed by atoms with Gasteiger partial charge in [0.05, 0.1) is 6.20 Å². The van der Waals surface area contributed by atoms with Crippen molar-refractivity contribution in [2.75, 3.05) is 13.6 Å². The van der Waals surface area contributed by atoms with Crippen molar-refractivity contribution < 1.29 is 13.2 Å². The van der Waals surface area contributed by atoms with Crippen molar-refractivity contribution in [1.82, 2.24) is 24.6 Å². The highest BCUT2D eigenvalue weighted by atomic mass is 19.4. The summed E-state index contributed by atoms with van der Waals surface area (Å²) >= 11 is 0. The smallest absolute Gasteiger partial charge is 0.334 e. The maximum Gasteiger partial charge on any atom is 0.434 e. The molecule has 0 fully saturated rings. The number of nitrogens with one attached hydrogen (secondary N) is 1. The van der Waals surface area contributed by atoms with Gasteiger partial charge >= 0.3 is 6.18 Å². The van der Waals surface area contributed by atoms with Crippen LogP contribution < -0.4 is 0 Å². The molecule has 144 valence electrons. The van der Waals surface area contributed by atoms with E-state index < -0.39 is 11.9 Å². The Morgan fingerprint density at radius 3 is 2.69 bits per heavy atom. The van der Waals surface area contributed by atoms with Gasteiger partial charge < -0.3 is 9.47 Å². The topological polar surface area (TPSA) is 49.7 Å². The number of nitrogens with zero attached hydrogens (tertiary/aromatic N) is 4. The van der Waals surface area contributed by atoms with Crippen LogP contribution in [0.4, 0.5) is 13.2 Å². The van der Waals surface area contributed by atoms with Gasteiger partial charge in [0.25, 0.3) is 0 Å². The van der Waals surface area contributed by atoms with Gasteiger partial charge in [-0.3, -0.25) is 5.10 Å². The number of H-pyrrole nitrogens is 1. The Labute approximate surface area is 151 Å². The molecule has 0 bridgehead atoms. The van der Waals surface area contributed by atoms with E-state index in [1.807, 2.05) is 13.2 Å². The first-order valence-electron chi connectivity index (χ1n) is 8.88. The molecule has 0 aliphatic carbocycles. The molecule has 1 atom stereocenters. The maximum absolute atomic E-state index is 12.8. The third kappa shape index (κ3) is 4.11. The van der Waals surface area contributed by atoms with Crippen LogP contribution >= 0.6 is 0 Å². The van der Waals surface area contributed by atoms with Crippen molar-refractivity contribution in [1.29, 1.82) is 0 Å². The largest absolute Gasteiger partial charge is 0.434 e. The fourth-order valence-electron chi connectivity index (χ4n) is 3.68. The molecule has 0 unspecified atom stereocenters. The number of rotatable bonds is 4. The lowest BCUT2D eigenvalue weighted by Crippen LogP contribution is -2.31. The quantitative estimate of drug-likeness (QED) is 0.896. The Morgan fingerprint density at radius 2 is 2.04 bits per heavy atom. The second-order valence-electron chi connectivity index (χ2n) is 8.31. The SMILES string of the molecule is CN(Cc1cn[nH]c1C(C)(C)C)C[C@H]1CCc2nc(C(F)(F)F)cn2C1. The molecule has 1 aliphatic rings. The van der Waals surface area contributed by atoms with Crippen LogP contribution in [0.25, 0.3) is 0 Å². The van der Waals surface area contributed by atoms with Crippen LogP contribution in [0.1, 0.15) is 50.0 Å². The van der Waals surface area contributed by atoms with Crippen molar-refractivity contribution in [3.05, 3.63) is 35.2 Å². The standard InChI is InChI=1S/C18H26F3N5/c1-17(2,3)16-13(7-22-24-16)10-25(4)8-12-5-6-15-23-14(18(19,20)21)11-26(15)9-12/h7,11-12H,5-6,8-10H2,1-4H3,(H,22,24)/t12-/m1/s1. The minimum Gasteiger partial charge on any atom is -0.334 e. The van der Waals surface area contributed by atoms with Crippen LogP contribution in [-0.4, -0.2) is 38.2 Å². The molecule has 0 amide bonds. The van der Waals surface area contributed by atoms with E-state index >= 15 is 0 Å². The molecule has 0 saturated heterocycles. The van der Waals surface area contributed by atoms with Crippen molar-refractivity contribution in [2.24, 2.45) is 5.92 Å². The first kappa shape index (κ1) is 18.9. The zero-order chi connectivity index (χ0) is 19.1. The summed E-state index contributed by atoms with van der Waals surface area (Å²) < 4.78 is 40.2. The summed E-state index contributed by atoms with van der Waals surface area (Å²) in [5.74, 6) is 0.855. The van der Waals surface area contributed by atoms with Crippen molar-refractivity contribution in [2.45, 2.75) is 58.3 Å². The van der Waals surface area contributed by atoms with Crippen LogP contribution in [0, 0.1) is 5.92 Å². The predicted molar refractivity (Wildman–Crippen MR) is 92.7 cm³/mol. The van der Waals surface area contributed by atoms with Crippen molar-refractivity contribution in [3.8, 4) is 0 Å². The molecule has 2 aromatic heterocycles. The van der Waals surface area contributed by atoms with Gasteiger partial charge in [-0.2, -0.15) is 18.3 Å². The van der Waals surface area contributed by atoms with Crippen molar-refractivity contribution >= 4 is 0 Å². The zero-order valence-electron chi connectivity index (χ0n) is 15.7. The van der Waals surface area contributed by atoms with Crippen LogP contribution in [0.15, 0.2) is 12.4 Å². The van der Waals surface area contributed by atoms with Gasteiger partial charge in [-0.25, -0.2) is 4.98 Å². The number of aromatic amines is 1. The average molecular weight is 369 g/mol. The van der Waals surface area contributed by atoms with E-state index in [9.17, 15) is 13.2 Å². The number of hydrogen-bond acceptors (Lipinski definition) is 3. The van der Waals surface area contributed by atoms with Gasteiger partial charge in [0, 0.05) is 48.9 Å². The molecular weight excluding hydrogens is 343 g/mol. The fraction of sp³-hybridized carbons (Fsp3) is 0.667. The molecule has 5 nitrogen and oxygen atoms in total. The molecule has 3 rings (SSSR count). The lowest BCUT2D eigenvalue weighted by Gasteiger charge is -2.28. The molecule has 26 heavy (non-hydrogen) atoms. The van der Waals surface area contributed by atoms with Crippen LogP contribution in [0.5, 0.6) is 0 Å². The third-order valence-corrected chi connectivity index (χ3v) is 4.86. The summed E-state index contributed by atoms with van der Waals surface area (Å²) in [4.78, 5) is 5.97. The predicted octanol–water partition coefficient (Wildman–Crippen LogP) is 3.62. The molecule has 1 aliphatic heterocycles. The normalized spacial score (nSPS) is 18.4. The van der Waals surface area contributed by atoms with Gasteiger partial charge in [0.2, 0.25) is 0 Å². The van der Waals surface area contributed by atoms with E-state index in [2.05, 4.69) is 40.9 Å². The minimum atomic E-state index is -4.37. The second-order valence-corrected chi connectivity index (χ2v) is 8.31. The van der Waals surface area contributed by atoms with Gasteiger partial charge in [-0.1, -0.05) is 20.8 Å². The van der Waals surface area contributed by atoms with E-state index in [0.29, 0.717) is 24.7 Å². The van der Waals surface area contributed by atoms with E-state index in [1.165, 1.54) is 5.56 Å². The number of aromatic nitrogens is 4. The minimum absolute atomic E-state index is 0.00276. The number of aryl methyl sites for hydroxylation is 1. The summed E-state index contributed by atoms with van der Waals surface area (Å²) in [5, 5.41) is 7.26. The number of hydrogen-bond donors (Lipinski definition) is 1. The molecule has 8 heteroatoms. The molecular formula is C18H26F3N5. The molecule has 0 saturated carbocycles. The van der Waals surface area contributed by atoms with Gasteiger partial charge in [-0.05, 0) is 19.4 Å². The summed E-state index contributed by atoms with van der Waals surface area (Å²) in [6, 6.07) is 0. The van der Waals surface area contributed by atoms with E-state index in [0.717, 1.165) is 31.4 Å². The van der Waals surface area contributed by atoms with Gasteiger partial charge in [-0.15, -0.1) is 0 Å². The number of halogens is 3. The average Bonchev–Trinajstić information content (AvgIpc) is 3.11. The lowest BCUT2D eigenvalue weighted by molar-refractivity contribution is -0.141. The monoisotopic (exact) mass is 369 g/mol. The third-order valence-electron chi connectivity index (χ3n) is 4.86. The van der Waals surface area contributed by atoms with Crippen LogP contribution in [-0.2, 0) is 31.1 Å². The van der Waals surface area contributed by atoms with Crippen LogP contribution in [0.2, 0.25) is 0 Å². The highest BCUT2D eigenvalue weighted by Gasteiger charge is 2.35. The molecule has 0 radical (unpaired) electrons. The first-order chi connectivity index (χ1) is 12.0. The summed E-state index contributed by atoms with van der Waals surface area (Å²) in [6.45, 7) is 8.61. The van der Waals surface area contributed by atoms with Crippen LogP contribution in [0.3, 0.4) is 0 Å². The Morgan fingerprint density at radius 1 is 1.31 bits per heavy atom. The summed E-state index contributed by atoms with van der Waals surface area (Å²) in [7, 11) is 2.05. The fourth-order valence-corrected chi connectivity index (χ4v) is 3.68. The Balaban J connectivity index is 1.62. The highest BCUT2D eigenvalue weighted by Crippen LogP contribution is 2.31. The maximum atomic E-state index is 12.8. The molecule has 0 spiro atoms. The van der Waals surface area contributed by atoms with E-state index in [1.54, 1.807) is 4.57 Å². The summed E-state index contributed by atoms with van der Waals surface area (Å²) in [6.07, 6.45) is 0.0851. The number of imidazole rings is 1. The van der Waals surface area contributed by atoms with E-state index in [4.69, 9.17) is 0 Å². The Bertz CT molecular complexity index is 754. The Hall–Kier alpha value is -1.83. The first-order valence-corrected chi connectivity index (χ1v) is 8.88. The Kier molecular flexibility index (Phi) is 4.90. The number of alkyl halides is 3. The lowest BCUT2D eigenvalue weighted by atomic mass is 9.89. The van der Waals surface area contributed by atoms with Gasteiger partial charge in [0.15, 0.2) is 5.69 Å². The summed E-state index contributed by atoms with van der Waals surface area (Å²) in [5.41, 5.74) is 1.50. The highest BCUT2D eigenvalue weighted by molar-refractivity contribution is 5.23. The van der Waals surface area contributed by atoms with Gasteiger partial charge in [0.1, 0.15) is 5.82 Å². The second kappa shape index (κ2) is 6.72. The molecule has 2 aromatic rings. The number of fused-ring (bicyclic) bond motifs is 1.